The lowest BCUT2D eigenvalue weighted by atomic mass is 10.2. The van der Waals surface area contributed by atoms with Crippen molar-refractivity contribution in [2.24, 2.45) is 10.7 Å². The van der Waals surface area contributed by atoms with Gasteiger partial charge in [0.15, 0.2) is 23.1 Å². The van der Waals surface area contributed by atoms with E-state index in [4.69, 9.17) is 19.3 Å². The first kappa shape index (κ1) is 19.3. The van der Waals surface area contributed by atoms with E-state index in [0.29, 0.717) is 24.9 Å². The summed E-state index contributed by atoms with van der Waals surface area (Å²) in [6.07, 6.45) is 0. The summed E-state index contributed by atoms with van der Waals surface area (Å²) < 4.78 is 17.0. The van der Waals surface area contributed by atoms with Gasteiger partial charge in [-0.1, -0.05) is 12.1 Å². The number of amides is 1. The lowest BCUT2D eigenvalue weighted by molar-refractivity contribution is 0.0972. The number of rotatable bonds is 7. The Balaban J connectivity index is 1.66. The Kier molecular flexibility index (Phi) is 5.88. The van der Waals surface area contributed by atoms with Crippen LogP contribution in [0.1, 0.15) is 42.0 Å². The monoisotopic (exact) mass is 384 g/mol. The van der Waals surface area contributed by atoms with Gasteiger partial charge in [0.05, 0.1) is 19.2 Å². The van der Waals surface area contributed by atoms with Crippen LogP contribution in [0, 0.1) is 0 Å². The first-order valence-corrected chi connectivity index (χ1v) is 9.02. The van der Waals surface area contributed by atoms with E-state index in [2.05, 4.69) is 15.6 Å². The van der Waals surface area contributed by atoms with Crippen molar-refractivity contribution in [1.29, 1.82) is 0 Å². The standard InChI is InChI=1S/C20H24N4O4/c1-4-26-15-7-5-6-13-10-17(28-18(13)15)12(2)24-20(22-3)23-11-14-8-9-16(27-14)19(21)25/h5-10,12H,4,11H2,1-3H3,(H2,21,25)(H2,22,23,24). The fourth-order valence-corrected chi connectivity index (χ4v) is 2.79. The van der Waals surface area contributed by atoms with Gasteiger partial charge >= 0.3 is 0 Å². The molecular formula is C20H24N4O4. The summed E-state index contributed by atoms with van der Waals surface area (Å²) in [6.45, 7) is 4.84. The lowest BCUT2D eigenvalue weighted by Gasteiger charge is -2.15. The quantitative estimate of drug-likeness (QED) is 0.426. The maximum absolute atomic E-state index is 11.1. The number of nitrogens with zero attached hydrogens (tertiary/aromatic N) is 1. The summed E-state index contributed by atoms with van der Waals surface area (Å²) in [5.41, 5.74) is 5.92. The third-order valence-corrected chi connectivity index (χ3v) is 4.17. The van der Waals surface area contributed by atoms with Crippen LogP contribution in [0.15, 0.2) is 50.2 Å². The fourth-order valence-electron chi connectivity index (χ4n) is 2.79. The minimum Gasteiger partial charge on any atom is -0.490 e. The largest absolute Gasteiger partial charge is 0.490 e. The van der Waals surface area contributed by atoms with Gasteiger partial charge in [0, 0.05) is 12.4 Å². The molecule has 0 aliphatic carbocycles. The maximum Gasteiger partial charge on any atom is 0.284 e. The fraction of sp³-hybridized carbons (Fsp3) is 0.300. The number of furan rings is 2. The van der Waals surface area contributed by atoms with E-state index in [1.165, 1.54) is 0 Å². The normalized spacial score (nSPS) is 12.8. The highest BCUT2D eigenvalue weighted by Gasteiger charge is 2.16. The number of primary amides is 1. The van der Waals surface area contributed by atoms with Crippen molar-refractivity contribution in [3.63, 3.8) is 0 Å². The van der Waals surface area contributed by atoms with E-state index in [9.17, 15) is 4.79 Å². The molecule has 2 heterocycles. The van der Waals surface area contributed by atoms with Gasteiger partial charge in [-0.25, -0.2) is 0 Å². The number of para-hydroxylation sites is 1. The Labute approximate surface area is 162 Å². The van der Waals surface area contributed by atoms with Crippen LogP contribution in [0.3, 0.4) is 0 Å². The molecule has 1 atom stereocenters. The smallest absolute Gasteiger partial charge is 0.284 e. The molecule has 1 aromatic carbocycles. The molecule has 4 N–H and O–H groups in total. The van der Waals surface area contributed by atoms with E-state index in [0.717, 1.165) is 22.5 Å². The Hall–Kier alpha value is -3.42. The van der Waals surface area contributed by atoms with Crippen LogP contribution >= 0.6 is 0 Å². The number of carbonyl (C=O) groups is 1. The van der Waals surface area contributed by atoms with Crippen molar-refractivity contribution in [2.75, 3.05) is 13.7 Å². The Morgan fingerprint density at radius 3 is 2.79 bits per heavy atom. The van der Waals surface area contributed by atoms with Crippen LogP contribution in [-0.2, 0) is 6.54 Å². The van der Waals surface area contributed by atoms with Gasteiger partial charge in [-0.15, -0.1) is 0 Å². The minimum atomic E-state index is -0.598. The molecule has 0 aliphatic heterocycles. The number of hydrogen-bond donors (Lipinski definition) is 3. The van der Waals surface area contributed by atoms with Gasteiger partial charge in [-0.05, 0) is 38.1 Å². The molecule has 0 spiro atoms. The Bertz CT molecular complexity index is 989. The zero-order chi connectivity index (χ0) is 20.1. The van der Waals surface area contributed by atoms with Crippen molar-refractivity contribution in [3.8, 4) is 5.75 Å². The van der Waals surface area contributed by atoms with E-state index < -0.39 is 5.91 Å². The number of benzene rings is 1. The summed E-state index contributed by atoms with van der Waals surface area (Å²) in [4.78, 5) is 15.3. The molecule has 0 saturated carbocycles. The molecular weight excluding hydrogens is 360 g/mol. The van der Waals surface area contributed by atoms with Gasteiger partial charge in [-0.3, -0.25) is 9.79 Å². The molecule has 0 fully saturated rings. The molecule has 0 saturated heterocycles. The molecule has 28 heavy (non-hydrogen) atoms. The summed E-state index contributed by atoms with van der Waals surface area (Å²) in [5.74, 6) is 2.16. The third-order valence-electron chi connectivity index (χ3n) is 4.17. The van der Waals surface area contributed by atoms with Crippen molar-refractivity contribution in [1.82, 2.24) is 10.6 Å². The van der Waals surface area contributed by atoms with Gasteiger partial charge in [-0.2, -0.15) is 0 Å². The van der Waals surface area contributed by atoms with Crippen LogP contribution in [-0.4, -0.2) is 25.5 Å². The van der Waals surface area contributed by atoms with Crippen LogP contribution in [0.25, 0.3) is 11.0 Å². The van der Waals surface area contributed by atoms with Gasteiger partial charge in [0.25, 0.3) is 5.91 Å². The first-order chi connectivity index (χ1) is 13.5. The molecule has 1 unspecified atom stereocenters. The van der Waals surface area contributed by atoms with E-state index in [-0.39, 0.29) is 11.8 Å². The average Bonchev–Trinajstić information content (AvgIpc) is 3.32. The zero-order valence-corrected chi connectivity index (χ0v) is 16.1. The highest BCUT2D eigenvalue weighted by atomic mass is 16.5. The van der Waals surface area contributed by atoms with E-state index >= 15 is 0 Å². The Morgan fingerprint density at radius 2 is 2.11 bits per heavy atom. The SMILES string of the molecule is CCOc1cccc2cc(C(C)NC(=NC)NCc3ccc(C(N)=O)o3)oc12. The minimum absolute atomic E-state index is 0.125. The average molecular weight is 384 g/mol. The number of aliphatic imine (C=N–C) groups is 1. The predicted octanol–water partition coefficient (Wildman–Crippen LogP) is 2.95. The number of carbonyl (C=O) groups excluding carboxylic acids is 1. The number of nitrogens with two attached hydrogens (primary N) is 1. The second-order valence-electron chi connectivity index (χ2n) is 6.18. The van der Waals surface area contributed by atoms with Crippen LogP contribution in [0.2, 0.25) is 0 Å². The van der Waals surface area contributed by atoms with Crippen molar-refractivity contribution >= 4 is 22.8 Å². The molecule has 148 valence electrons. The van der Waals surface area contributed by atoms with E-state index in [1.807, 2.05) is 38.1 Å². The predicted molar refractivity (Wildman–Crippen MR) is 106 cm³/mol. The molecule has 0 aliphatic rings. The lowest BCUT2D eigenvalue weighted by Crippen LogP contribution is -2.38. The van der Waals surface area contributed by atoms with Gasteiger partial charge in [0.1, 0.15) is 11.5 Å². The third kappa shape index (κ3) is 4.28. The number of nitrogens with one attached hydrogen (secondary N) is 2. The second kappa shape index (κ2) is 8.51. The molecule has 2 aromatic heterocycles. The number of fused-ring (bicyclic) bond motifs is 1. The molecule has 3 aromatic rings. The summed E-state index contributed by atoms with van der Waals surface area (Å²) in [7, 11) is 1.67. The summed E-state index contributed by atoms with van der Waals surface area (Å²) >= 11 is 0. The molecule has 0 radical (unpaired) electrons. The number of ether oxygens (including phenoxy) is 1. The maximum atomic E-state index is 11.1. The molecule has 0 bridgehead atoms. The first-order valence-electron chi connectivity index (χ1n) is 9.02. The summed E-state index contributed by atoms with van der Waals surface area (Å²) in [6, 6.07) is 10.9. The Morgan fingerprint density at radius 1 is 1.29 bits per heavy atom. The van der Waals surface area contributed by atoms with Crippen LogP contribution in [0.5, 0.6) is 5.75 Å². The molecule has 8 heteroatoms. The van der Waals surface area contributed by atoms with Crippen LogP contribution in [0.4, 0.5) is 0 Å². The zero-order valence-electron chi connectivity index (χ0n) is 16.1. The molecule has 1 amide bonds. The van der Waals surface area contributed by atoms with Crippen LogP contribution < -0.4 is 21.1 Å². The van der Waals surface area contributed by atoms with Crippen molar-refractivity contribution in [2.45, 2.75) is 26.4 Å². The molecule has 8 nitrogen and oxygen atoms in total. The highest BCUT2D eigenvalue weighted by Crippen LogP contribution is 2.31. The summed E-state index contributed by atoms with van der Waals surface area (Å²) in [5, 5.41) is 7.38. The van der Waals surface area contributed by atoms with Crippen molar-refractivity contribution in [3.05, 3.63) is 53.7 Å². The number of guanidine groups is 1. The second-order valence-corrected chi connectivity index (χ2v) is 6.18. The van der Waals surface area contributed by atoms with E-state index in [1.54, 1.807) is 19.2 Å². The van der Waals surface area contributed by atoms with Crippen molar-refractivity contribution < 1.29 is 18.4 Å². The topological polar surface area (TPSA) is 115 Å². The molecule has 3 rings (SSSR count). The highest BCUT2D eigenvalue weighted by molar-refractivity contribution is 5.90. The number of hydrogen-bond acceptors (Lipinski definition) is 5. The van der Waals surface area contributed by atoms with Gasteiger partial charge in [0.2, 0.25) is 0 Å². The van der Waals surface area contributed by atoms with Gasteiger partial charge < -0.3 is 29.9 Å².